The molecule has 3 aliphatic rings. The summed E-state index contributed by atoms with van der Waals surface area (Å²) in [5.41, 5.74) is 2.85. The van der Waals surface area contributed by atoms with Crippen LogP contribution in [0, 0.1) is 5.92 Å². The topological polar surface area (TPSA) is 208 Å². The van der Waals surface area contributed by atoms with Gasteiger partial charge in [-0.2, -0.15) is 4.31 Å². The summed E-state index contributed by atoms with van der Waals surface area (Å²) in [6.45, 7) is -0.967. The van der Waals surface area contributed by atoms with E-state index in [9.17, 15) is 33.6 Å². The molecule has 1 unspecified atom stereocenters. The first-order valence-corrected chi connectivity index (χ1v) is 19.5. The number of aliphatic hydroxyl groups is 5. The SMILES string of the molecule is O=C(COCC1CCN(S(=O)(=O)c2ccc(Cl)c(COC3(c4cnccc4-c4ccccc4OC4CC4)CC3)c2)C1)NC[C@H](O)[C@@H](O)[C@H](O)[C@H](O)CO. The lowest BCUT2D eigenvalue weighted by molar-refractivity contribution is -0.130. The lowest BCUT2D eigenvalue weighted by Crippen LogP contribution is -2.50. The second kappa shape index (κ2) is 17.1. The summed E-state index contributed by atoms with van der Waals surface area (Å²) in [7, 11) is -3.88. The summed E-state index contributed by atoms with van der Waals surface area (Å²) in [4.78, 5) is 16.7. The van der Waals surface area contributed by atoms with Crippen molar-refractivity contribution < 1.29 is 53.0 Å². The van der Waals surface area contributed by atoms with Gasteiger partial charge < -0.3 is 45.1 Å². The standard InChI is InChI=1S/C37H46ClN3O11S/c38-30-8-7-26(53(48,49)41-14-10-23(18-41)20-50-22-34(45)40-17-31(43)35(46)36(47)32(44)19-42)15-24(30)21-51-37(11-12-37)29-16-39-13-9-27(29)28-3-1-2-4-33(28)52-25-5-6-25/h1-4,7-9,13,15-16,23,25,31-32,35-36,42-44,46-47H,5-6,10-12,14,17-22H2,(H,40,45)/t23?,31-,32+,35+,36+/m0/s1. The number of benzene rings is 2. The molecule has 6 rings (SSSR count). The zero-order chi connectivity index (χ0) is 37.8. The highest BCUT2D eigenvalue weighted by molar-refractivity contribution is 7.89. The molecule has 1 saturated heterocycles. The number of rotatable bonds is 19. The Hall–Kier alpha value is -3.22. The van der Waals surface area contributed by atoms with Crippen molar-refractivity contribution in [2.24, 2.45) is 5.92 Å². The van der Waals surface area contributed by atoms with Crippen molar-refractivity contribution in [2.45, 2.75) is 79.7 Å². The summed E-state index contributed by atoms with van der Waals surface area (Å²) in [5, 5.41) is 50.6. The number of aromatic nitrogens is 1. The van der Waals surface area contributed by atoms with Crippen molar-refractivity contribution in [3.63, 3.8) is 0 Å². The third-order valence-corrected chi connectivity index (χ3v) is 12.1. The molecule has 1 amide bonds. The number of pyridine rings is 1. The summed E-state index contributed by atoms with van der Waals surface area (Å²) in [6, 6.07) is 14.5. The first-order valence-electron chi connectivity index (χ1n) is 17.7. The molecular formula is C37H46ClN3O11S. The Bertz CT molecular complexity index is 1840. The molecule has 3 fully saturated rings. The van der Waals surface area contributed by atoms with Crippen LogP contribution in [0.5, 0.6) is 5.75 Å². The van der Waals surface area contributed by atoms with E-state index in [1.807, 2.05) is 36.5 Å². The predicted octanol–water partition coefficient (Wildman–Crippen LogP) is 1.73. The number of sulfonamides is 1. The monoisotopic (exact) mass is 775 g/mol. The van der Waals surface area contributed by atoms with Crippen LogP contribution in [0.4, 0.5) is 0 Å². The van der Waals surface area contributed by atoms with Gasteiger partial charge in [0.2, 0.25) is 15.9 Å². The molecule has 14 nitrogen and oxygen atoms in total. The van der Waals surface area contributed by atoms with Crippen molar-refractivity contribution >= 4 is 27.5 Å². The number of hydrogen-bond acceptors (Lipinski definition) is 12. The number of amides is 1. The van der Waals surface area contributed by atoms with E-state index in [1.165, 1.54) is 10.4 Å². The fraction of sp³-hybridized carbons (Fsp3) is 0.514. The number of aliphatic hydroxyl groups excluding tert-OH is 5. The van der Waals surface area contributed by atoms with E-state index in [1.54, 1.807) is 18.3 Å². The Labute approximate surface area is 313 Å². The summed E-state index contributed by atoms with van der Waals surface area (Å²) < 4.78 is 47.1. The maximum absolute atomic E-state index is 13.7. The Morgan fingerprint density at radius 3 is 2.51 bits per heavy atom. The van der Waals surface area contributed by atoms with Gasteiger partial charge in [0.25, 0.3) is 0 Å². The molecule has 6 N–H and O–H groups in total. The molecule has 2 heterocycles. The van der Waals surface area contributed by atoms with Crippen LogP contribution in [-0.2, 0) is 36.5 Å². The molecule has 53 heavy (non-hydrogen) atoms. The zero-order valence-corrected chi connectivity index (χ0v) is 30.7. The van der Waals surface area contributed by atoms with E-state index < -0.39 is 59.1 Å². The molecule has 0 bridgehead atoms. The summed E-state index contributed by atoms with van der Waals surface area (Å²) in [5.74, 6) is 0.0511. The highest BCUT2D eigenvalue weighted by Crippen LogP contribution is 2.53. The highest BCUT2D eigenvalue weighted by atomic mass is 35.5. The number of carbonyl (C=O) groups excluding carboxylic acids is 1. The number of halogens is 1. The largest absolute Gasteiger partial charge is 0.490 e. The smallest absolute Gasteiger partial charge is 0.246 e. The van der Waals surface area contributed by atoms with Gasteiger partial charge in [-0.05, 0) is 79.5 Å². The molecule has 0 radical (unpaired) electrons. The molecule has 2 saturated carbocycles. The molecule has 288 valence electrons. The number of para-hydroxylation sites is 1. The van der Waals surface area contributed by atoms with Crippen molar-refractivity contribution in [3.8, 4) is 16.9 Å². The maximum Gasteiger partial charge on any atom is 0.246 e. The fourth-order valence-corrected chi connectivity index (χ4v) is 8.12. The molecule has 2 aliphatic carbocycles. The molecular weight excluding hydrogens is 730 g/mol. The van der Waals surface area contributed by atoms with Crippen LogP contribution < -0.4 is 10.1 Å². The molecule has 1 aliphatic heterocycles. The van der Waals surface area contributed by atoms with Gasteiger partial charge in [0, 0.05) is 48.2 Å². The minimum atomic E-state index is -3.88. The van der Waals surface area contributed by atoms with Gasteiger partial charge in [-0.15, -0.1) is 0 Å². The van der Waals surface area contributed by atoms with E-state index in [0.29, 0.717) is 17.0 Å². The lowest BCUT2D eigenvalue weighted by Gasteiger charge is -2.25. The quantitative estimate of drug-likeness (QED) is 0.103. The average Bonchev–Trinajstić information content (AvgIpc) is 4.10. The predicted molar refractivity (Wildman–Crippen MR) is 192 cm³/mol. The Morgan fingerprint density at radius 1 is 1.02 bits per heavy atom. The first-order chi connectivity index (χ1) is 25.4. The van der Waals surface area contributed by atoms with Gasteiger partial charge in [0.15, 0.2) is 0 Å². The average molecular weight is 776 g/mol. The molecule has 1 aromatic heterocycles. The van der Waals surface area contributed by atoms with Crippen LogP contribution in [-0.4, -0.2) is 119 Å². The van der Waals surface area contributed by atoms with E-state index in [4.69, 9.17) is 30.9 Å². The van der Waals surface area contributed by atoms with E-state index in [2.05, 4.69) is 10.3 Å². The van der Waals surface area contributed by atoms with Gasteiger partial charge in [-0.3, -0.25) is 9.78 Å². The number of nitrogens with zero attached hydrogens (tertiary/aromatic N) is 2. The molecule has 5 atom stereocenters. The Kier molecular flexibility index (Phi) is 12.7. The van der Waals surface area contributed by atoms with Crippen molar-refractivity contribution in [2.75, 3.05) is 39.5 Å². The Balaban J connectivity index is 1.02. The van der Waals surface area contributed by atoms with E-state index >= 15 is 0 Å². The third-order valence-electron chi connectivity index (χ3n) is 9.84. The third kappa shape index (κ3) is 9.54. The van der Waals surface area contributed by atoms with Gasteiger partial charge >= 0.3 is 0 Å². The zero-order valence-electron chi connectivity index (χ0n) is 29.1. The number of nitrogens with one attached hydrogen (secondary N) is 1. The highest BCUT2D eigenvalue weighted by Gasteiger charge is 2.48. The van der Waals surface area contributed by atoms with E-state index in [0.717, 1.165) is 48.1 Å². The Morgan fingerprint density at radius 2 is 1.77 bits per heavy atom. The van der Waals surface area contributed by atoms with Gasteiger partial charge in [-0.1, -0.05) is 29.8 Å². The van der Waals surface area contributed by atoms with Crippen LogP contribution in [0.3, 0.4) is 0 Å². The van der Waals surface area contributed by atoms with Crippen LogP contribution >= 0.6 is 11.6 Å². The second-order valence-electron chi connectivity index (χ2n) is 13.9. The maximum atomic E-state index is 13.7. The van der Waals surface area contributed by atoms with Crippen molar-refractivity contribution in [3.05, 3.63) is 77.1 Å². The molecule has 0 spiro atoms. The lowest BCUT2D eigenvalue weighted by atomic mass is 9.96. The molecule has 16 heteroatoms. The van der Waals surface area contributed by atoms with Crippen LogP contribution in [0.15, 0.2) is 65.8 Å². The van der Waals surface area contributed by atoms with Gasteiger partial charge in [-0.25, -0.2) is 8.42 Å². The number of hydrogen-bond donors (Lipinski definition) is 6. The molecule has 2 aromatic carbocycles. The van der Waals surface area contributed by atoms with Crippen LogP contribution in [0.25, 0.3) is 11.1 Å². The minimum Gasteiger partial charge on any atom is -0.490 e. The first kappa shape index (κ1) is 39.5. The summed E-state index contributed by atoms with van der Waals surface area (Å²) in [6.07, 6.45) is 1.12. The minimum absolute atomic E-state index is 0.0937. The fourth-order valence-electron chi connectivity index (χ4n) is 6.37. The molecule has 3 aromatic rings. The summed E-state index contributed by atoms with van der Waals surface area (Å²) >= 11 is 6.57. The number of carbonyl (C=O) groups is 1. The van der Waals surface area contributed by atoms with Crippen LogP contribution in [0.2, 0.25) is 5.02 Å². The van der Waals surface area contributed by atoms with E-state index in [-0.39, 0.29) is 49.8 Å². The van der Waals surface area contributed by atoms with Crippen molar-refractivity contribution in [1.82, 2.24) is 14.6 Å². The number of ether oxygens (including phenoxy) is 3. The normalized spacial score (nSPS) is 20.8. The van der Waals surface area contributed by atoms with Gasteiger partial charge in [0.05, 0.1) is 42.5 Å². The van der Waals surface area contributed by atoms with Crippen LogP contribution in [0.1, 0.15) is 43.2 Å². The van der Waals surface area contributed by atoms with Gasteiger partial charge in [0.1, 0.15) is 30.7 Å². The van der Waals surface area contributed by atoms with Crippen molar-refractivity contribution in [1.29, 1.82) is 0 Å². The second-order valence-corrected chi connectivity index (χ2v) is 16.3.